The minimum absolute atomic E-state index is 0.000650. The van der Waals surface area contributed by atoms with Gasteiger partial charge in [0.1, 0.15) is 23.8 Å². The first-order valence-electron chi connectivity index (χ1n) is 15.7. The number of hydrogen-bond donors (Lipinski definition) is 0. The number of piperidine rings is 1. The first-order valence-corrected chi connectivity index (χ1v) is 14.2. The number of halogens is 2. The van der Waals surface area contributed by atoms with E-state index in [0.29, 0.717) is 48.4 Å². The minimum atomic E-state index is -3.14. The van der Waals surface area contributed by atoms with Crippen molar-refractivity contribution in [3.05, 3.63) is 58.9 Å². The summed E-state index contributed by atoms with van der Waals surface area (Å²) in [7, 11) is 0. The van der Waals surface area contributed by atoms with Crippen LogP contribution in [0.5, 0.6) is 5.75 Å². The highest BCUT2D eigenvalue weighted by Crippen LogP contribution is 2.50. The summed E-state index contributed by atoms with van der Waals surface area (Å²) in [6.45, 7) is 0.821. The van der Waals surface area contributed by atoms with Crippen LogP contribution in [-0.4, -0.2) is 76.3 Å². The van der Waals surface area contributed by atoms with Gasteiger partial charge in [-0.3, -0.25) is 4.79 Å². The number of aromatic nitrogens is 2. The lowest BCUT2D eigenvalue weighted by atomic mass is 9.97. The van der Waals surface area contributed by atoms with Crippen molar-refractivity contribution in [2.75, 3.05) is 26.7 Å². The summed E-state index contributed by atoms with van der Waals surface area (Å²) in [6, 6.07) is 7.96. The summed E-state index contributed by atoms with van der Waals surface area (Å²) < 4.78 is 69.3. The molecular weight excluding hydrogens is 558 g/mol. The summed E-state index contributed by atoms with van der Waals surface area (Å²) in [5.41, 5.74) is 1.48. The molecule has 9 nitrogen and oxygen atoms in total. The van der Waals surface area contributed by atoms with Crippen molar-refractivity contribution in [1.82, 2.24) is 19.4 Å². The van der Waals surface area contributed by atoms with Gasteiger partial charge in [0, 0.05) is 47.3 Å². The van der Waals surface area contributed by atoms with Crippen molar-refractivity contribution in [3.63, 3.8) is 0 Å². The van der Waals surface area contributed by atoms with Crippen LogP contribution in [0.25, 0.3) is 11.0 Å². The normalized spacial score (nSPS) is 21.3. The van der Waals surface area contributed by atoms with Gasteiger partial charge >= 0.3 is 12.7 Å². The second-order valence-corrected chi connectivity index (χ2v) is 11.9. The van der Waals surface area contributed by atoms with Crippen molar-refractivity contribution in [3.8, 4) is 17.6 Å². The van der Waals surface area contributed by atoms with E-state index in [1.54, 1.807) is 17.0 Å². The second kappa shape index (κ2) is 11.2. The van der Waals surface area contributed by atoms with Crippen LogP contribution in [-0.2, 0) is 9.47 Å². The topological polar surface area (TPSA) is 86.1 Å². The molecule has 0 saturated carbocycles. The zero-order chi connectivity index (χ0) is 33.0. The number of carbonyl (C=O) groups is 2. The molecule has 0 unspecified atom stereocenters. The molecule has 0 radical (unpaired) electrons. The summed E-state index contributed by atoms with van der Waals surface area (Å²) in [4.78, 5) is 33.1. The number of imidazole rings is 1. The maximum Gasteiger partial charge on any atom is 0.410 e. The van der Waals surface area contributed by atoms with Crippen molar-refractivity contribution >= 4 is 23.0 Å². The molecule has 4 heterocycles. The quantitative estimate of drug-likeness (QED) is 0.369. The van der Waals surface area contributed by atoms with Gasteiger partial charge < -0.3 is 28.6 Å². The lowest BCUT2D eigenvalue weighted by Gasteiger charge is -2.33. The van der Waals surface area contributed by atoms with Gasteiger partial charge in [0.2, 0.25) is 0 Å². The van der Waals surface area contributed by atoms with E-state index in [9.17, 15) is 18.4 Å². The predicted octanol–water partition coefficient (Wildman–Crippen LogP) is 5.53. The SMILES string of the molecule is [2H]C([2H])([2H])N1C(=O)c2cccc(OC(F)F)c2[C@H]2C[C@@H]1c1nc3ccc(C#CCOC4CCN(C(=O)OC(C)(C)C)CC4)cc3n12. The van der Waals surface area contributed by atoms with Gasteiger partial charge in [-0.05, 0) is 63.9 Å². The third-order valence-corrected chi connectivity index (χ3v) is 7.87. The third kappa shape index (κ3) is 5.64. The molecule has 1 saturated heterocycles. The Morgan fingerprint density at radius 2 is 1.98 bits per heavy atom. The smallest absolute Gasteiger partial charge is 0.410 e. The molecule has 3 aliphatic rings. The van der Waals surface area contributed by atoms with E-state index >= 15 is 0 Å². The molecule has 2 atom stereocenters. The highest BCUT2D eigenvalue weighted by atomic mass is 19.3. The fourth-order valence-corrected chi connectivity index (χ4v) is 6.02. The van der Waals surface area contributed by atoms with Gasteiger partial charge in [-0.25, -0.2) is 9.78 Å². The molecule has 6 rings (SSSR count). The van der Waals surface area contributed by atoms with Crippen molar-refractivity contribution in [1.29, 1.82) is 0 Å². The first-order chi connectivity index (χ1) is 21.7. The summed E-state index contributed by atoms with van der Waals surface area (Å²) in [5, 5.41) is 0. The van der Waals surface area contributed by atoms with E-state index < -0.39 is 37.2 Å². The third-order valence-electron chi connectivity index (χ3n) is 7.87. The Labute approximate surface area is 252 Å². The van der Waals surface area contributed by atoms with Crippen LogP contribution in [0.4, 0.5) is 13.6 Å². The van der Waals surface area contributed by atoms with Gasteiger partial charge in [-0.1, -0.05) is 17.9 Å². The first kappa shape index (κ1) is 25.3. The average Bonchev–Trinajstić information content (AvgIpc) is 3.46. The number of rotatable bonds is 4. The summed E-state index contributed by atoms with van der Waals surface area (Å²) in [6.07, 6.45) is 1.12. The highest BCUT2D eigenvalue weighted by molar-refractivity contribution is 5.97. The molecule has 1 fully saturated rings. The molecule has 2 aromatic carbocycles. The fourth-order valence-electron chi connectivity index (χ4n) is 6.02. The molecule has 3 aliphatic heterocycles. The molecular formula is C32H34F2N4O5. The fraction of sp³-hybridized carbons (Fsp3) is 0.469. The lowest BCUT2D eigenvalue weighted by molar-refractivity contribution is -0.0507. The molecule has 226 valence electrons. The van der Waals surface area contributed by atoms with E-state index in [1.807, 2.05) is 31.4 Å². The van der Waals surface area contributed by atoms with E-state index in [4.69, 9.17) is 23.3 Å². The van der Waals surface area contributed by atoms with Gasteiger partial charge in [-0.2, -0.15) is 8.78 Å². The number of hydrogen-bond acceptors (Lipinski definition) is 6. The van der Waals surface area contributed by atoms with E-state index in [-0.39, 0.29) is 42.1 Å². The van der Waals surface area contributed by atoms with Crippen LogP contribution in [0.15, 0.2) is 36.4 Å². The lowest BCUT2D eigenvalue weighted by Crippen LogP contribution is -2.43. The van der Waals surface area contributed by atoms with Crippen LogP contribution < -0.4 is 4.74 Å². The zero-order valence-corrected chi connectivity index (χ0v) is 24.1. The average molecular weight is 596 g/mol. The molecule has 1 aromatic heterocycles. The van der Waals surface area contributed by atoms with Gasteiger partial charge in [0.15, 0.2) is 0 Å². The predicted molar refractivity (Wildman–Crippen MR) is 154 cm³/mol. The molecule has 0 spiro atoms. The maximum absolute atomic E-state index is 13.6. The number of carbonyl (C=O) groups excluding carboxylic acids is 2. The van der Waals surface area contributed by atoms with Crippen molar-refractivity contribution in [2.45, 2.75) is 70.4 Å². The van der Waals surface area contributed by atoms with Crippen molar-refractivity contribution < 1.29 is 36.7 Å². The van der Waals surface area contributed by atoms with Gasteiger partial charge in [0.05, 0.1) is 29.2 Å². The second-order valence-electron chi connectivity index (χ2n) is 11.9. The minimum Gasteiger partial charge on any atom is -0.444 e. The largest absolute Gasteiger partial charge is 0.444 e. The number of nitrogens with zero attached hydrogens (tertiary/aromatic N) is 4. The summed E-state index contributed by atoms with van der Waals surface area (Å²) in [5.74, 6) is 5.52. The van der Waals surface area contributed by atoms with E-state index in [1.165, 1.54) is 18.2 Å². The standard InChI is InChI=1S/C32H34F2N4O5/c1-32(2,3)43-31(40)37-14-12-20(13-15-37)41-16-6-7-19-10-11-22-23(17-19)38-24-18-25(28(38)35-22)36(4)29(39)21-8-5-9-26(27(21)24)42-30(33)34/h5,8-11,17,20,24-25,30H,12-16,18H2,1-4H3/t24-,25-/m1/s1/i4D3. The molecule has 2 amide bonds. The number of amides is 2. The van der Waals surface area contributed by atoms with Crippen LogP contribution in [0.1, 0.15) is 83.5 Å². The van der Waals surface area contributed by atoms with E-state index in [0.717, 1.165) is 4.90 Å². The number of fused-ring (bicyclic) bond motifs is 9. The maximum atomic E-state index is 13.6. The zero-order valence-electron chi connectivity index (χ0n) is 27.1. The Morgan fingerprint density at radius 3 is 2.70 bits per heavy atom. The molecule has 2 bridgehead atoms. The molecule has 43 heavy (non-hydrogen) atoms. The molecule has 0 N–H and O–H groups in total. The molecule has 3 aromatic rings. The van der Waals surface area contributed by atoms with Crippen LogP contribution >= 0.6 is 0 Å². The number of likely N-dealkylation sites (tertiary alicyclic amines) is 1. The Balaban J connectivity index is 1.24. The summed E-state index contributed by atoms with van der Waals surface area (Å²) >= 11 is 0. The Morgan fingerprint density at radius 1 is 1.19 bits per heavy atom. The number of benzene rings is 2. The van der Waals surface area contributed by atoms with Crippen LogP contribution in [0, 0.1) is 11.8 Å². The monoisotopic (exact) mass is 595 g/mol. The Bertz CT molecular complexity index is 1740. The van der Waals surface area contributed by atoms with Crippen LogP contribution in [0.3, 0.4) is 0 Å². The number of ether oxygens (including phenoxy) is 3. The van der Waals surface area contributed by atoms with E-state index in [2.05, 4.69) is 11.8 Å². The molecule has 0 aliphatic carbocycles. The Kier molecular flexibility index (Phi) is 6.57. The van der Waals surface area contributed by atoms with Crippen LogP contribution in [0.2, 0.25) is 0 Å². The Hall–Kier alpha value is -4.17. The van der Waals surface area contributed by atoms with Gasteiger partial charge in [0.25, 0.3) is 5.91 Å². The molecule has 11 heteroatoms. The highest BCUT2D eigenvalue weighted by Gasteiger charge is 2.45. The number of alkyl halides is 2. The van der Waals surface area contributed by atoms with Gasteiger partial charge in [-0.15, -0.1) is 0 Å². The van der Waals surface area contributed by atoms with Crippen molar-refractivity contribution in [2.24, 2.45) is 0 Å².